The summed E-state index contributed by atoms with van der Waals surface area (Å²) in [6.07, 6.45) is 2.64. The highest BCUT2D eigenvalue weighted by Crippen LogP contribution is 2.32. The van der Waals surface area contributed by atoms with Gasteiger partial charge in [-0.2, -0.15) is 0 Å². The number of rotatable bonds is 3. The normalized spacial score (nSPS) is 19.1. The number of benzene rings is 1. The van der Waals surface area contributed by atoms with E-state index in [4.69, 9.17) is 9.84 Å². The Morgan fingerprint density at radius 3 is 3.07 bits per heavy atom. The number of aliphatic hydroxyl groups is 1. The van der Waals surface area contributed by atoms with E-state index in [0.29, 0.717) is 0 Å². The molecule has 14 heavy (non-hydrogen) atoms. The third-order valence-electron chi connectivity index (χ3n) is 2.47. The highest BCUT2D eigenvalue weighted by atomic mass is 16.5. The monoisotopic (exact) mass is 194 g/mol. The van der Waals surface area contributed by atoms with Crippen molar-refractivity contribution in [2.45, 2.75) is 25.4 Å². The molecule has 0 aliphatic carbocycles. The standard InChI is InChI=1S/C11H14O3/c12-5-1-2-10-7-8-6-9(13)3-4-11(8)14-10/h3-4,6,10,12-13H,1-2,5,7H2. The first-order chi connectivity index (χ1) is 6.79. The van der Waals surface area contributed by atoms with Crippen LogP contribution in [0.15, 0.2) is 18.2 Å². The molecule has 1 aromatic rings. The van der Waals surface area contributed by atoms with Crippen molar-refractivity contribution in [3.05, 3.63) is 23.8 Å². The lowest BCUT2D eigenvalue weighted by Gasteiger charge is -2.08. The molecule has 2 rings (SSSR count). The summed E-state index contributed by atoms with van der Waals surface area (Å²) in [4.78, 5) is 0. The third-order valence-corrected chi connectivity index (χ3v) is 2.47. The number of phenols is 1. The van der Waals surface area contributed by atoms with Crippen LogP contribution in [0.1, 0.15) is 18.4 Å². The number of ether oxygens (including phenoxy) is 1. The Morgan fingerprint density at radius 1 is 1.43 bits per heavy atom. The summed E-state index contributed by atoms with van der Waals surface area (Å²) in [5.74, 6) is 1.15. The van der Waals surface area contributed by atoms with Gasteiger partial charge in [0, 0.05) is 18.6 Å². The van der Waals surface area contributed by atoms with Crippen molar-refractivity contribution in [3.8, 4) is 11.5 Å². The average Bonchev–Trinajstić information content (AvgIpc) is 2.56. The van der Waals surface area contributed by atoms with Crippen LogP contribution in [-0.2, 0) is 6.42 Å². The summed E-state index contributed by atoms with van der Waals surface area (Å²) in [7, 11) is 0. The van der Waals surface area contributed by atoms with Crippen LogP contribution < -0.4 is 4.74 Å². The predicted molar refractivity (Wildman–Crippen MR) is 52.5 cm³/mol. The van der Waals surface area contributed by atoms with Gasteiger partial charge in [0.25, 0.3) is 0 Å². The van der Waals surface area contributed by atoms with Crippen molar-refractivity contribution in [2.75, 3.05) is 6.61 Å². The van der Waals surface area contributed by atoms with E-state index >= 15 is 0 Å². The smallest absolute Gasteiger partial charge is 0.123 e. The maximum atomic E-state index is 9.26. The van der Waals surface area contributed by atoms with Gasteiger partial charge in [0.15, 0.2) is 0 Å². The van der Waals surface area contributed by atoms with E-state index in [0.717, 1.165) is 30.6 Å². The quantitative estimate of drug-likeness (QED) is 0.766. The van der Waals surface area contributed by atoms with Crippen molar-refractivity contribution >= 4 is 0 Å². The summed E-state index contributed by atoms with van der Waals surface area (Å²) in [5, 5.41) is 18.0. The SMILES string of the molecule is OCCCC1Cc2cc(O)ccc2O1. The van der Waals surface area contributed by atoms with Gasteiger partial charge in [0.1, 0.15) is 17.6 Å². The maximum absolute atomic E-state index is 9.26. The van der Waals surface area contributed by atoms with Crippen LogP contribution in [0.25, 0.3) is 0 Å². The van der Waals surface area contributed by atoms with Gasteiger partial charge in [-0.25, -0.2) is 0 Å². The number of hydrogen-bond acceptors (Lipinski definition) is 3. The topological polar surface area (TPSA) is 49.7 Å². The zero-order chi connectivity index (χ0) is 9.97. The first-order valence-corrected chi connectivity index (χ1v) is 4.89. The van der Waals surface area contributed by atoms with Crippen LogP contribution in [0.3, 0.4) is 0 Å². The Bertz CT molecular complexity index is 322. The highest BCUT2D eigenvalue weighted by Gasteiger charge is 2.22. The van der Waals surface area contributed by atoms with E-state index in [2.05, 4.69) is 0 Å². The van der Waals surface area contributed by atoms with Crippen molar-refractivity contribution in [1.29, 1.82) is 0 Å². The van der Waals surface area contributed by atoms with Crippen LogP contribution in [0.4, 0.5) is 0 Å². The lowest BCUT2D eigenvalue weighted by molar-refractivity contribution is 0.196. The van der Waals surface area contributed by atoms with Crippen LogP contribution >= 0.6 is 0 Å². The van der Waals surface area contributed by atoms with Gasteiger partial charge in [0.05, 0.1) is 0 Å². The minimum atomic E-state index is 0.166. The fraction of sp³-hybridized carbons (Fsp3) is 0.455. The Labute approximate surface area is 83.0 Å². The van der Waals surface area contributed by atoms with E-state index in [1.54, 1.807) is 18.2 Å². The van der Waals surface area contributed by atoms with Gasteiger partial charge in [0.2, 0.25) is 0 Å². The average molecular weight is 194 g/mol. The van der Waals surface area contributed by atoms with Gasteiger partial charge in [-0.05, 0) is 31.0 Å². The zero-order valence-electron chi connectivity index (χ0n) is 7.94. The molecule has 0 spiro atoms. The van der Waals surface area contributed by atoms with Crippen LogP contribution in [0, 0.1) is 0 Å². The maximum Gasteiger partial charge on any atom is 0.123 e. The largest absolute Gasteiger partial charge is 0.508 e. The molecular formula is C11H14O3. The fourth-order valence-electron chi connectivity index (χ4n) is 1.79. The lowest BCUT2D eigenvalue weighted by Crippen LogP contribution is -2.12. The molecule has 0 radical (unpaired) electrons. The summed E-state index contributed by atoms with van der Waals surface area (Å²) in [6, 6.07) is 5.17. The molecule has 1 aromatic carbocycles. The first kappa shape index (κ1) is 9.34. The van der Waals surface area contributed by atoms with E-state index in [9.17, 15) is 5.11 Å². The second-order valence-electron chi connectivity index (χ2n) is 3.60. The van der Waals surface area contributed by atoms with Crippen LogP contribution in [0.2, 0.25) is 0 Å². The summed E-state index contributed by atoms with van der Waals surface area (Å²) >= 11 is 0. The molecule has 1 atom stereocenters. The van der Waals surface area contributed by atoms with Gasteiger partial charge in [-0.15, -0.1) is 0 Å². The van der Waals surface area contributed by atoms with Gasteiger partial charge >= 0.3 is 0 Å². The Hall–Kier alpha value is -1.22. The second-order valence-corrected chi connectivity index (χ2v) is 3.60. The van der Waals surface area contributed by atoms with E-state index in [1.165, 1.54) is 0 Å². The molecule has 0 saturated carbocycles. The minimum absolute atomic E-state index is 0.166. The molecule has 3 nitrogen and oxygen atoms in total. The summed E-state index contributed by atoms with van der Waals surface area (Å²) < 4.78 is 5.64. The van der Waals surface area contributed by atoms with Crippen LogP contribution in [0.5, 0.6) is 11.5 Å². The molecule has 0 fully saturated rings. The molecule has 3 heteroatoms. The molecule has 1 unspecified atom stereocenters. The zero-order valence-corrected chi connectivity index (χ0v) is 7.94. The first-order valence-electron chi connectivity index (χ1n) is 4.89. The summed E-state index contributed by atoms with van der Waals surface area (Å²) in [5.41, 5.74) is 1.06. The van der Waals surface area contributed by atoms with Crippen molar-refractivity contribution < 1.29 is 14.9 Å². The molecule has 1 heterocycles. The molecule has 2 N–H and O–H groups in total. The molecule has 1 aliphatic heterocycles. The minimum Gasteiger partial charge on any atom is -0.508 e. The van der Waals surface area contributed by atoms with E-state index in [1.807, 2.05) is 0 Å². The second kappa shape index (κ2) is 3.88. The molecule has 0 bridgehead atoms. The number of phenolic OH excluding ortho intramolecular Hbond substituents is 1. The molecular weight excluding hydrogens is 180 g/mol. The van der Waals surface area contributed by atoms with Gasteiger partial charge in [-0.1, -0.05) is 0 Å². The fourth-order valence-corrected chi connectivity index (χ4v) is 1.79. The Kier molecular flexibility index (Phi) is 2.59. The van der Waals surface area contributed by atoms with Gasteiger partial charge in [-0.3, -0.25) is 0 Å². The third kappa shape index (κ3) is 1.82. The molecule has 0 aromatic heterocycles. The molecule has 0 saturated heterocycles. The van der Waals surface area contributed by atoms with Crippen molar-refractivity contribution in [1.82, 2.24) is 0 Å². The van der Waals surface area contributed by atoms with E-state index in [-0.39, 0.29) is 18.5 Å². The van der Waals surface area contributed by atoms with Gasteiger partial charge < -0.3 is 14.9 Å². The lowest BCUT2D eigenvalue weighted by atomic mass is 10.1. The predicted octanol–water partition coefficient (Wildman–Crippen LogP) is 1.47. The Balaban J connectivity index is 2.03. The number of hydrogen-bond donors (Lipinski definition) is 2. The molecule has 0 amide bonds. The van der Waals surface area contributed by atoms with Crippen LogP contribution in [-0.4, -0.2) is 22.9 Å². The number of aliphatic hydroxyl groups excluding tert-OH is 1. The molecule has 76 valence electrons. The molecule has 1 aliphatic rings. The number of aromatic hydroxyl groups is 1. The van der Waals surface area contributed by atoms with Crippen molar-refractivity contribution in [3.63, 3.8) is 0 Å². The number of fused-ring (bicyclic) bond motifs is 1. The van der Waals surface area contributed by atoms with Crippen molar-refractivity contribution in [2.24, 2.45) is 0 Å². The van der Waals surface area contributed by atoms with E-state index < -0.39 is 0 Å². The highest BCUT2D eigenvalue weighted by molar-refractivity contribution is 5.42. The summed E-state index contributed by atoms with van der Waals surface area (Å²) in [6.45, 7) is 0.210. The Morgan fingerprint density at radius 2 is 2.29 bits per heavy atom.